The van der Waals surface area contributed by atoms with Crippen LogP contribution < -0.4 is 21.6 Å². The third-order valence-corrected chi connectivity index (χ3v) is 16.6. The first-order chi connectivity index (χ1) is 20.7. The Balaban J connectivity index is 1.84. The van der Waals surface area contributed by atoms with Gasteiger partial charge in [0.25, 0.3) is 20.4 Å². The van der Waals surface area contributed by atoms with Crippen LogP contribution >= 0.6 is 6.49 Å². The van der Waals surface area contributed by atoms with Crippen LogP contribution in [0.2, 0.25) is 5.04 Å². The lowest BCUT2D eigenvalue weighted by Gasteiger charge is -2.44. The largest absolute Gasteiger partial charge is 0.405 e. The molecule has 0 unspecified atom stereocenters. The van der Waals surface area contributed by atoms with Gasteiger partial charge in [0.2, 0.25) is 0 Å². The summed E-state index contributed by atoms with van der Waals surface area (Å²) in [5.74, 6) is -1.57. The van der Waals surface area contributed by atoms with Gasteiger partial charge in [-0.2, -0.15) is 8.78 Å². The Morgan fingerprint density at radius 3 is 2.00 bits per heavy atom. The molecule has 0 aliphatic carbocycles. The maximum Gasteiger partial charge on any atom is 0.330 e. The van der Waals surface area contributed by atoms with Crippen molar-refractivity contribution in [3.63, 3.8) is 0 Å². The van der Waals surface area contributed by atoms with Crippen LogP contribution in [0, 0.1) is 12.8 Å². The van der Waals surface area contributed by atoms with Gasteiger partial charge >= 0.3 is 11.4 Å². The summed E-state index contributed by atoms with van der Waals surface area (Å²) in [4.78, 5) is 28.4. The van der Waals surface area contributed by atoms with Crippen LogP contribution in [0.5, 0.6) is 0 Å². The zero-order chi connectivity index (χ0) is 32.3. The zero-order valence-electron chi connectivity index (χ0n) is 25.9. The summed E-state index contributed by atoms with van der Waals surface area (Å²) in [6, 6.07) is 19.6. The molecule has 1 aliphatic rings. The van der Waals surface area contributed by atoms with E-state index >= 15 is 8.78 Å². The van der Waals surface area contributed by atoms with Gasteiger partial charge in [-0.3, -0.25) is 4.79 Å². The van der Waals surface area contributed by atoms with Crippen molar-refractivity contribution in [2.45, 2.75) is 71.0 Å². The number of hydrogen-bond donors (Lipinski definition) is 1. The van der Waals surface area contributed by atoms with Crippen molar-refractivity contribution in [2.24, 2.45) is 5.92 Å². The average Bonchev–Trinajstić information content (AvgIpc) is 3.41. The first-order valence-corrected chi connectivity index (χ1v) is 19.3. The molecule has 1 saturated heterocycles. The number of H-pyrrole nitrogens is 1. The first-order valence-electron chi connectivity index (χ1n) is 14.7. The van der Waals surface area contributed by atoms with Gasteiger partial charge in [-0.1, -0.05) is 81.4 Å². The first kappa shape index (κ1) is 34.6. The van der Waals surface area contributed by atoms with Crippen LogP contribution in [0.3, 0.4) is 0 Å². The molecule has 8 nitrogen and oxygen atoms in total. The Bertz CT molecular complexity index is 1530. The van der Waals surface area contributed by atoms with Gasteiger partial charge in [-0.15, -0.1) is 0 Å². The van der Waals surface area contributed by atoms with E-state index in [-0.39, 0.29) is 31.8 Å². The van der Waals surface area contributed by atoms with E-state index in [2.05, 4.69) is 25.8 Å². The molecule has 2 aromatic carbocycles. The van der Waals surface area contributed by atoms with E-state index in [1.807, 2.05) is 60.7 Å². The lowest BCUT2D eigenvalue weighted by molar-refractivity contribution is -0.0670. The number of alkyl halides is 2. The summed E-state index contributed by atoms with van der Waals surface area (Å²) in [7, 11) is -3.15. The standard InChI is InChI=1S/C31H41F2N2O6PSSi/c1-7-38-42(43,39-8-2)31(32,33)25-19-27(35-28(36)22(3)20-34-29(35)37)41-26(25)21-40-44(30(4,5)6,23-15-11-9-12-16-23)24-17-13-10-14-18-24/h9-18,20,25-27H,7-8,19,21H2,1-6H3,(H,34,37)/t25-,26+,27-/m0/s1. The highest BCUT2D eigenvalue weighted by molar-refractivity contribution is 8.10. The van der Waals surface area contributed by atoms with Gasteiger partial charge in [-0.25, -0.2) is 9.36 Å². The van der Waals surface area contributed by atoms with E-state index < -0.39 is 55.0 Å². The third-order valence-electron chi connectivity index (χ3n) is 8.00. The minimum atomic E-state index is -4.17. The molecule has 1 N–H and O–H groups in total. The Labute approximate surface area is 263 Å². The number of ether oxygens (including phenoxy) is 1. The molecular formula is C31H41F2N2O6PSSi. The number of aromatic amines is 1. The van der Waals surface area contributed by atoms with Crippen molar-refractivity contribution in [3.8, 4) is 0 Å². The van der Waals surface area contributed by atoms with Crippen LogP contribution in [-0.2, 0) is 30.0 Å². The van der Waals surface area contributed by atoms with Gasteiger partial charge in [0, 0.05) is 18.2 Å². The number of hydrogen-bond acceptors (Lipinski definition) is 7. The molecule has 240 valence electrons. The SMILES string of the molecule is CCOP(=S)(OCC)C(F)(F)[C@H]1C[C@@H](n2c(=O)[nH]cc(C)c2=O)O[C@@H]1CO[Si](c1ccccc1)(c1ccccc1)C(C)(C)C. The predicted molar refractivity (Wildman–Crippen MR) is 174 cm³/mol. The fourth-order valence-corrected chi connectivity index (χ4v) is 13.4. The highest BCUT2D eigenvalue weighted by Gasteiger charge is 2.61. The minimum Gasteiger partial charge on any atom is -0.405 e. The lowest BCUT2D eigenvalue weighted by Crippen LogP contribution is -2.67. The Morgan fingerprint density at radius 2 is 1.52 bits per heavy atom. The second kappa shape index (κ2) is 13.6. The Morgan fingerprint density at radius 1 is 1.00 bits per heavy atom. The van der Waals surface area contributed by atoms with Crippen molar-refractivity contribution in [1.29, 1.82) is 0 Å². The van der Waals surface area contributed by atoms with Gasteiger partial charge in [-0.05, 0) is 48.0 Å². The van der Waals surface area contributed by atoms with Gasteiger partial charge in [0.05, 0.1) is 31.8 Å². The van der Waals surface area contributed by atoms with E-state index in [4.69, 9.17) is 30.0 Å². The van der Waals surface area contributed by atoms with Crippen LogP contribution in [-0.4, -0.2) is 49.5 Å². The van der Waals surface area contributed by atoms with Crippen LogP contribution in [0.1, 0.15) is 52.8 Å². The second-order valence-corrected chi connectivity index (χ2v) is 19.7. The van der Waals surface area contributed by atoms with Crippen molar-refractivity contribution in [3.05, 3.63) is 93.3 Å². The molecule has 3 aromatic rings. The number of nitrogens with one attached hydrogen (secondary N) is 1. The third kappa shape index (κ3) is 6.35. The summed E-state index contributed by atoms with van der Waals surface area (Å²) < 4.78 is 58.3. The highest BCUT2D eigenvalue weighted by atomic mass is 32.5. The molecule has 4 rings (SSSR count). The molecule has 3 atom stereocenters. The number of halogens is 2. The zero-order valence-corrected chi connectivity index (χ0v) is 28.6. The molecule has 0 saturated carbocycles. The number of nitrogens with zero attached hydrogens (tertiary/aromatic N) is 1. The van der Waals surface area contributed by atoms with Gasteiger partial charge in [0.15, 0.2) is 0 Å². The molecule has 0 spiro atoms. The molecule has 0 bridgehead atoms. The molecule has 1 aromatic heterocycles. The molecule has 0 amide bonds. The number of aryl methyl sites for hydroxylation is 1. The average molecular weight is 667 g/mol. The Kier molecular flexibility index (Phi) is 10.7. The van der Waals surface area contributed by atoms with E-state index in [9.17, 15) is 9.59 Å². The number of rotatable bonds is 12. The van der Waals surface area contributed by atoms with Crippen molar-refractivity contribution < 1.29 is 27.0 Å². The fraction of sp³-hybridized carbons (Fsp3) is 0.484. The summed E-state index contributed by atoms with van der Waals surface area (Å²) >= 11 is 5.42. The number of benzene rings is 2. The molecule has 44 heavy (non-hydrogen) atoms. The lowest BCUT2D eigenvalue weighted by atomic mass is 10.0. The predicted octanol–water partition coefficient (Wildman–Crippen LogP) is 5.30. The molecule has 1 fully saturated rings. The monoisotopic (exact) mass is 666 g/mol. The molecule has 13 heteroatoms. The van der Waals surface area contributed by atoms with Crippen molar-refractivity contribution in [1.82, 2.24) is 9.55 Å². The summed E-state index contributed by atoms with van der Waals surface area (Å²) in [6.07, 6.45) is -1.60. The second-order valence-electron chi connectivity index (χ2n) is 11.8. The molecule has 2 heterocycles. The summed E-state index contributed by atoms with van der Waals surface area (Å²) in [6.45, 7) is 6.40. The van der Waals surface area contributed by atoms with E-state index in [1.54, 1.807) is 13.8 Å². The van der Waals surface area contributed by atoms with Crippen molar-refractivity contribution >= 4 is 37.0 Å². The number of aromatic nitrogens is 2. The quantitative estimate of drug-likeness (QED) is 0.207. The minimum absolute atomic E-state index is 0.0654. The van der Waals surface area contributed by atoms with Crippen LogP contribution in [0.15, 0.2) is 76.4 Å². The molecular weight excluding hydrogens is 625 g/mol. The van der Waals surface area contributed by atoms with Crippen LogP contribution in [0.25, 0.3) is 0 Å². The van der Waals surface area contributed by atoms with Gasteiger partial charge in [0.1, 0.15) is 6.23 Å². The van der Waals surface area contributed by atoms with Gasteiger partial charge < -0.3 is 23.2 Å². The smallest absolute Gasteiger partial charge is 0.330 e. The normalized spacial score (nSPS) is 19.8. The van der Waals surface area contributed by atoms with Crippen LogP contribution in [0.4, 0.5) is 8.78 Å². The van der Waals surface area contributed by atoms with E-state index in [0.717, 1.165) is 14.9 Å². The summed E-state index contributed by atoms with van der Waals surface area (Å²) in [5, 5.41) is 1.51. The maximum atomic E-state index is 16.7. The molecule has 0 radical (unpaired) electrons. The van der Waals surface area contributed by atoms with E-state index in [1.165, 1.54) is 13.1 Å². The highest BCUT2D eigenvalue weighted by Crippen LogP contribution is 2.67. The maximum absolute atomic E-state index is 16.7. The van der Waals surface area contributed by atoms with Crippen molar-refractivity contribution in [2.75, 3.05) is 19.8 Å². The Hall–Kier alpha value is -2.31. The topological polar surface area (TPSA) is 91.8 Å². The fourth-order valence-electron chi connectivity index (χ4n) is 5.97. The van der Waals surface area contributed by atoms with E-state index in [0.29, 0.717) is 0 Å². The summed E-state index contributed by atoms with van der Waals surface area (Å²) in [5.41, 5.74) is -4.79. The molecule has 1 aliphatic heterocycles.